The van der Waals surface area contributed by atoms with Gasteiger partial charge in [0, 0.05) is 17.1 Å². The van der Waals surface area contributed by atoms with Crippen LogP contribution >= 0.6 is 11.6 Å². The average Bonchev–Trinajstić information content (AvgIpc) is 2.98. The SMILES string of the molecule is COc1ccc(Cl)cc1C(=O)NCC(O)c1ccoc1. The number of hydrogen-bond donors (Lipinski definition) is 2. The Morgan fingerprint density at radius 1 is 1.50 bits per heavy atom. The number of hydrogen-bond acceptors (Lipinski definition) is 4. The monoisotopic (exact) mass is 295 g/mol. The van der Waals surface area contributed by atoms with Crippen molar-refractivity contribution in [1.29, 1.82) is 0 Å². The van der Waals surface area contributed by atoms with Gasteiger partial charge in [0.25, 0.3) is 5.91 Å². The minimum absolute atomic E-state index is 0.0635. The van der Waals surface area contributed by atoms with Gasteiger partial charge >= 0.3 is 0 Å². The second-order valence-electron chi connectivity index (χ2n) is 4.13. The molecule has 1 unspecified atom stereocenters. The highest BCUT2D eigenvalue weighted by Gasteiger charge is 2.15. The molecule has 0 fully saturated rings. The molecule has 1 amide bonds. The van der Waals surface area contributed by atoms with Gasteiger partial charge in [0.1, 0.15) is 5.75 Å². The maximum Gasteiger partial charge on any atom is 0.255 e. The lowest BCUT2D eigenvalue weighted by molar-refractivity contribution is 0.0913. The molecular weight excluding hydrogens is 282 g/mol. The number of furan rings is 1. The highest BCUT2D eigenvalue weighted by molar-refractivity contribution is 6.31. The van der Waals surface area contributed by atoms with E-state index in [0.717, 1.165) is 0 Å². The van der Waals surface area contributed by atoms with Crippen molar-refractivity contribution in [2.75, 3.05) is 13.7 Å². The Kier molecular flexibility index (Phi) is 4.65. The van der Waals surface area contributed by atoms with Crippen LogP contribution in [0.15, 0.2) is 41.2 Å². The van der Waals surface area contributed by atoms with Crippen molar-refractivity contribution in [3.05, 3.63) is 52.9 Å². The van der Waals surface area contributed by atoms with Crippen molar-refractivity contribution in [1.82, 2.24) is 5.32 Å². The van der Waals surface area contributed by atoms with Crippen LogP contribution in [0.25, 0.3) is 0 Å². The third-order valence-corrected chi connectivity index (χ3v) is 3.03. The molecule has 1 aromatic heterocycles. The van der Waals surface area contributed by atoms with Crippen molar-refractivity contribution in [2.24, 2.45) is 0 Å². The Labute approximate surface area is 121 Å². The lowest BCUT2D eigenvalue weighted by Crippen LogP contribution is -2.28. The van der Waals surface area contributed by atoms with E-state index < -0.39 is 6.10 Å². The minimum atomic E-state index is -0.831. The van der Waals surface area contributed by atoms with Crippen molar-refractivity contribution in [2.45, 2.75) is 6.10 Å². The van der Waals surface area contributed by atoms with E-state index in [-0.39, 0.29) is 12.5 Å². The number of carbonyl (C=O) groups is 1. The Morgan fingerprint density at radius 3 is 2.95 bits per heavy atom. The minimum Gasteiger partial charge on any atom is -0.496 e. The zero-order valence-corrected chi connectivity index (χ0v) is 11.6. The van der Waals surface area contributed by atoms with E-state index in [1.54, 1.807) is 18.2 Å². The standard InChI is InChI=1S/C14H14ClNO4/c1-19-13-3-2-10(15)6-11(13)14(18)16-7-12(17)9-4-5-20-8-9/h2-6,8,12,17H,7H2,1H3,(H,16,18). The molecule has 5 nitrogen and oxygen atoms in total. The molecule has 2 rings (SSSR count). The van der Waals surface area contributed by atoms with Crippen LogP contribution in [0, 0.1) is 0 Å². The summed E-state index contributed by atoms with van der Waals surface area (Å²) in [5.74, 6) is 0.0524. The van der Waals surface area contributed by atoms with Gasteiger partial charge in [-0.3, -0.25) is 4.79 Å². The number of nitrogens with one attached hydrogen (secondary N) is 1. The summed E-state index contributed by atoms with van der Waals surface area (Å²) in [5, 5.41) is 12.9. The van der Waals surface area contributed by atoms with Crippen LogP contribution in [0.3, 0.4) is 0 Å². The fourth-order valence-electron chi connectivity index (χ4n) is 1.72. The zero-order chi connectivity index (χ0) is 14.5. The largest absolute Gasteiger partial charge is 0.496 e. The Morgan fingerprint density at radius 2 is 2.30 bits per heavy atom. The number of amides is 1. The van der Waals surface area contributed by atoms with Crippen LogP contribution in [-0.4, -0.2) is 24.7 Å². The van der Waals surface area contributed by atoms with E-state index >= 15 is 0 Å². The number of carbonyl (C=O) groups excluding carboxylic acids is 1. The number of benzene rings is 1. The molecule has 2 aromatic rings. The first-order valence-electron chi connectivity index (χ1n) is 5.93. The lowest BCUT2D eigenvalue weighted by atomic mass is 10.1. The third-order valence-electron chi connectivity index (χ3n) is 2.79. The summed E-state index contributed by atoms with van der Waals surface area (Å²) in [5.41, 5.74) is 0.919. The van der Waals surface area contributed by atoms with Gasteiger partial charge < -0.3 is 19.6 Å². The maximum absolute atomic E-state index is 12.1. The lowest BCUT2D eigenvalue weighted by Gasteiger charge is -2.12. The summed E-state index contributed by atoms with van der Waals surface area (Å²) in [6.45, 7) is 0.0635. The van der Waals surface area contributed by atoms with Gasteiger partial charge in [-0.15, -0.1) is 0 Å². The van der Waals surface area contributed by atoms with Crippen LogP contribution in [0.2, 0.25) is 5.02 Å². The Balaban J connectivity index is 2.03. The van der Waals surface area contributed by atoms with Gasteiger partial charge in [0.2, 0.25) is 0 Å². The molecule has 0 bridgehead atoms. The van der Waals surface area contributed by atoms with E-state index in [4.69, 9.17) is 20.8 Å². The van der Waals surface area contributed by atoms with E-state index in [2.05, 4.69) is 5.32 Å². The van der Waals surface area contributed by atoms with Gasteiger partial charge in [-0.1, -0.05) is 11.6 Å². The van der Waals surface area contributed by atoms with Crippen molar-refractivity contribution in [3.8, 4) is 5.75 Å². The topological polar surface area (TPSA) is 71.7 Å². The number of ether oxygens (including phenoxy) is 1. The summed E-state index contributed by atoms with van der Waals surface area (Å²) in [6.07, 6.45) is 2.06. The molecule has 1 aromatic carbocycles. The molecule has 0 aliphatic rings. The van der Waals surface area contributed by atoms with E-state index in [1.165, 1.54) is 25.7 Å². The van der Waals surface area contributed by atoms with Crippen LogP contribution in [0.4, 0.5) is 0 Å². The van der Waals surface area contributed by atoms with Crippen molar-refractivity contribution in [3.63, 3.8) is 0 Å². The van der Waals surface area contributed by atoms with Gasteiger partial charge in [0.05, 0.1) is 31.3 Å². The zero-order valence-electron chi connectivity index (χ0n) is 10.8. The summed E-state index contributed by atoms with van der Waals surface area (Å²) in [7, 11) is 1.47. The predicted octanol–water partition coefficient (Wildman–Crippen LogP) is 2.41. The quantitative estimate of drug-likeness (QED) is 0.888. The van der Waals surface area contributed by atoms with Gasteiger partial charge in [0.15, 0.2) is 0 Å². The van der Waals surface area contributed by atoms with Gasteiger partial charge in [-0.25, -0.2) is 0 Å². The van der Waals surface area contributed by atoms with Crippen LogP contribution in [-0.2, 0) is 0 Å². The smallest absolute Gasteiger partial charge is 0.255 e. The summed E-state index contributed by atoms with van der Waals surface area (Å²) in [6, 6.07) is 6.40. The first-order valence-corrected chi connectivity index (χ1v) is 6.31. The van der Waals surface area contributed by atoms with E-state index in [0.29, 0.717) is 21.9 Å². The molecule has 1 atom stereocenters. The molecule has 0 saturated carbocycles. The van der Waals surface area contributed by atoms with Crippen molar-refractivity contribution < 1.29 is 19.1 Å². The highest BCUT2D eigenvalue weighted by Crippen LogP contribution is 2.22. The highest BCUT2D eigenvalue weighted by atomic mass is 35.5. The van der Waals surface area contributed by atoms with Crippen LogP contribution in [0.5, 0.6) is 5.75 Å². The first kappa shape index (κ1) is 14.4. The molecule has 0 saturated heterocycles. The summed E-state index contributed by atoms with van der Waals surface area (Å²) >= 11 is 5.86. The fourth-order valence-corrected chi connectivity index (χ4v) is 1.90. The second-order valence-corrected chi connectivity index (χ2v) is 4.56. The first-order chi connectivity index (χ1) is 9.61. The number of rotatable bonds is 5. The van der Waals surface area contributed by atoms with Gasteiger partial charge in [-0.2, -0.15) is 0 Å². The molecule has 1 heterocycles. The molecule has 106 valence electrons. The number of halogens is 1. The van der Waals surface area contributed by atoms with Crippen molar-refractivity contribution >= 4 is 17.5 Å². The van der Waals surface area contributed by atoms with Crippen LogP contribution < -0.4 is 10.1 Å². The van der Waals surface area contributed by atoms with E-state index in [9.17, 15) is 9.90 Å². The predicted molar refractivity (Wildman–Crippen MR) is 74.0 cm³/mol. The molecule has 0 radical (unpaired) electrons. The molecule has 0 spiro atoms. The molecule has 6 heteroatoms. The number of aliphatic hydroxyl groups excluding tert-OH is 1. The number of methoxy groups -OCH3 is 1. The second kappa shape index (κ2) is 6.45. The summed E-state index contributed by atoms with van der Waals surface area (Å²) < 4.78 is 9.97. The normalized spacial score (nSPS) is 11.9. The Bertz CT molecular complexity index is 583. The maximum atomic E-state index is 12.1. The molecule has 0 aliphatic carbocycles. The molecule has 2 N–H and O–H groups in total. The molecular formula is C14H14ClNO4. The molecule has 20 heavy (non-hydrogen) atoms. The molecule has 0 aliphatic heterocycles. The third kappa shape index (κ3) is 3.31. The van der Waals surface area contributed by atoms with Gasteiger partial charge in [-0.05, 0) is 24.3 Å². The average molecular weight is 296 g/mol. The fraction of sp³-hybridized carbons (Fsp3) is 0.214. The van der Waals surface area contributed by atoms with Crippen LogP contribution in [0.1, 0.15) is 22.0 Å². The summed E-state index contributed by atoms with van der Waals surface area (Å²) in [4.78, 5) is 12.1. The van der Waals surface area contributed by atoms with E-state index in [1.807, 2.05) is 0 Å². The number of aliphatic hydroxyl groups is 1. The Hall–Kier alpha value is -1.98.